The molecule has 1 aromatic rings. The number of methoxy groups -OCH3 is 1. The minimum Gasteiger partial charge on any atom is -0.497 e. The molecule has 0 saturated heterocycles. The van der Waals surface area contributed by atoms with Gasteiger partial charge in [0.2, 0.25) is 5.72 Å². The average Bonchev–Trinajstić information content (AvgIpc) is 2.27. The molecule has 0 spiro atoms. The fourth-order valence-corrected chi connectivity index (χ4v) is 1.32. The number of rotatable bonds is 3. The lowest BCUT2D eigenvalue weighted by molar-refractivity contribution is -0.178. The van der Waals surface area contributed by atoms with Crippen molar-refractivity contribution >= 4 is 5.97 Å². The van der Waals surface area contributed by atoms with E-state index in [2.05, 4.69) is 0 Å². The van der Waals surface area contributed by atoms with Gasteiger partial charge in [-0.1, -0.05) is 12.1 Å². The van der Waals surface area contributed by atoms with E-state index in [0.717, 1.165) is 0 Å². The standard InChI is InChI=1S/C13H19NO4/c1-12(2,3)18-11(15)13(14,16)9-5-7-10(17-4)8-6-9/h5-8,16H,14H2,1-4H3. The van der Waals surface area contributed by atoms with Gasteiger partial charge < -0.3 is 14.6 Å². The van der Waals surface area contributed by atoms with Gasteiger partial charge in [0, 0.05) is 5.56 Å². The number of hydrogen-bond donors (Lipinski definition) is 2. The lowest BCUT2D eigenvalue weighted by Gasteiger charge is -2.27. The zero-order chi connectivity index (χ0) is 14.0. The molecule has 0 aliphatic carbocycles. The first kappa shape index (κ1) is 14.5. The zero-order valence-electron chi connectivity index (χ0n) is 11.1. The summed E-state index contributed by atoms with van der Waals surface area (Å²) in [5, 5.41) is 10.0. The number of ether oxygens (including phenoxy) is 2. The van der Waals surface area contributed by atoms with Crippen LogP contribution in [0, 0.1) is 0 Å². The van der Waals surface area contributed by atoms with Gasteiger partial charge in [0.15, 0.2) is 0 Å². The Bertz CT molecular complexity index is 418. The van der Waals surface area contributed by atoms with Crippen LogP contribution in [0.25, 0.3) is 0 Å². The summed E-state index contributed by atoms with van der Waals surface area (Å²) in [5.74, 6) is -0.279. The van der Waals surface area contributed by atoms with Crippen molar-refractivity contribution in [1.82, 2.24) is 0 Å². The highest BCUT2D eigenvalue weighted by Gasteiger charge is 2.37. The first-order valence-corrected chi connectivity index (χ1v) is 5.56. The first-order chi connectivity index (χ1) is 8.16. The Morgan fingerprint density at radius 1 is 1.22 bits per heavy atom. The van der Waals surface area contributed by atoms with Crippen LogP contribution in [0.5, 0.6) is 5.75 Å². The molecular formula is C13H19NO4. The monoisotopic (exact) mass is 253 g/mol. The Morgan fingerprint density at radius 2 is 1.72 bits per heavy atom. The summed E-state index contributed by atoms with van der Waals surface area (Å²) < 4.78 is 10.1. The van der Waals surface area contributed by atoms with Crippen molar-refractivity contribution in [2.45, 2.75) is 32.1 Å². The number of benzene rings is 1. The summed E-state index contributed by atoms with van der Waals surface area (Å²) in [7, 11) is 1.53. The van der Waals surface area contributed by atoms with Crippen LogP contribution in [-0.2, 0) is 15.3 Å². The van der Waals surface area contributed by atoms with Crippen LogP contribution in [0.4, 0.5) is 0 Å². The van der Waals surface area contributed by atoms with Crippen molar-refractivity contribution in [3.8, 4) is 5.75 Å². The van der Waals surface area contributed by atoms with Gasteiger partial charge in [0.1, 0.15) is 11.4 Å². The highest BCUT2D eigenvalue weighted by molar-refractivity contribution is 5.80. The largest absolute Gasteiger partial charge is 0.497 e. The second-order valence-electron chi connectivity index (χ2n) is 5.00. The number of esters is 1. The third kappa shape index (κ3) is 3.45. The maximum Gasteiger partial charge on any atom is 0.358 e. The molecule has 0 radical (unpaired) electrons. The van der Waals surface area contributed by atoms with Crippen molar-refractivity contribution in [3.05, 3.63) is 29.8 Å². The van der Waals surface area contributed by atoms with Gasteiger partial charge in [-0.2, -0.15) is 0 Å². The van der Waals surface area contributed by atoms with Gasteiger partial charge in [-0.15, -0.1) is 0 Å². The molecule has 0 aromatic heterocycles. The minimum atomic E-state index is -2.17. The second kappa shape index (κ2) is 4.96. The number of aliphatic hydroxyl groups is 1. The Labute approximate surface area is 107 Å². The van der Waals surface area contributed by atoms with Crippen LogP contribution in [0.1, 0.15) is 26.3 Å². The first-order valence-electron chi connectivity index (χ1n) is 5.56. The van der Waals surface area contributed by atoms with Gasteiger partial charge in [-0.25, -0.2) is 4.79 Å². The Balaban J connectivity index is 2.94. The Morgan fingerprint density at radius 3 is 2.11 bits per heavy atom. The van der Waals surface area contributed by atoms with Crippen molar-refractivity contribution < 1.29 is 19.4 Å². The summed E-state index contributed by atoms with van der Waals surface area (Å²) in [4.78, 5) is 11.8. The highest BCUT2D eigenvalue weighted by atomic mass is 16.6. The summed E-state index contributed by atoms with van der Waals surface area (Å²) >= 11 is 0. The molecule has 0 aliphatic rings. The van der Waals surface area contributed by atoms with Crippen molar-refractivity contribution in [2.75, 3.05) is 7.11 Å². The maximum absolute atomic E-state index is 11.8. The molecule has 0 amide bonds. The molecule has 100 valence electrons. The van der Waals surface area contributed by atoms with Gasteiger partial charge in [0.05, 0.1) is 7.11 Å². The zero-order valence-corrected chi connectivity index (χ0v) is 11.1. The predicted molar refractivity (Wildman–Crippen MR) is 66.9 cm³/mol. The lowest BCUT2D eigenvalue weighted by atomic mass is 10.0. The molecular weight excluding hydrogens is 234 g/mol. The van der Waals surface area contributed by atoms with Crippen molar-refractivity contribution in [3.63, 3.8) is 0 Å². The third-order valence-electron chi connectivity index (χ3n) is 2.24. The molecule has 0 bridgehead atoms. The second-order valence-corrected chi connectivity index (χ2v) is 5.00. The smallest absolute Gasteiger partial charge is 0.358 e. The molecule has 0 aliphatic heterocycles. The number of carbonyl (C=O) groups excluding carboxylic acids is 1. The van der Waals surface area contributed by atoms with Crippen LogP contribution in [0.3, 0.4) is 0 Å². The normalized spacial score (nSPS) is 14.8. The van der Waals surface area contributed by atoms with Crippen LogP contribution in [0.2, 0.25) is 0 Å². The molecule has 0 fully saturated rings. The van der Waals surface area contributed by atoms with Crippen LogP contribution >= 0.6 is 0 Å². The fraction of sp³-hybridized carbons (Fsp3) is 0.462. The molecule has 1 rings (SSSR count). The lowest BCUT2D eigenvalue weighted by Crippen LogP contribution is -2.48. The van der Waals surface area contributed by atoms with Gasteiger partial charge >= 0.3 is 5.97 Å². The SMILES string of the molecule is COc1ccc(C(N)(O)C(=O)OC(C)(C)C)cc1. The molecule has 1 atom stereocenters. The Kier molecular flexibility index (Phi) is 3.98. The van der Waals surface area contributed by atoms with E-state index in [1.54, 1.807) is 32.9 Å². The van der Waals surface area contributed by atoms with E-state index in [1.807, 2.05) is 0 Å². The molecule has 1 aromatic carbocycles. The van der Waals surface area contributed by atoms with Crippen molar-refractivity contribution in [2.24, 2.45) is 5.73 Å². The van der Waals surface area contributed by atoms with Gasteiger partial charge in [-0.3, -0.25) is 5.73 Å². The Hall–Kier alpha value is -1.59. The van der Waals surface area contributed by atoms with Crippen molar-refractivity contribution in [1.29, 1.82) is 0 Å². The number of carbonyl (C=O) groups is 1. The predicted octanol–water partition coefficient (Wildman–Crippen LogP) is 1.14. The van der Waals surface area contributed by atoms with Crippen LogP contribution in [0.15, 0.2) is 24.3 Å². The van der Waals surface area contributed by atoms with E-state index in [1.165, 1.54) is 19.2 Å². The average molecular weight is 253 g/mol. The van der Waals surface area contributed by atoms with E-state index in [0.29, 0.717) is 5.75 Å². The number of nitrogens with two attached hydrogens (primary N) is 1. The maximum atomic E-state index is 11.8. The number of hydrogen-bond acceptors (Lipinski definition) is 5. The van der Waals surface area contributed by atoms with Crippen LogP contribution in [-0.4, -0.2) is 23.8 Å². The van der Waals surface area contributed by atoms with Crippen LogP contribution < -0.4 is 10.5 Å². The molecule has 18 heavy (non-hydrogen) atoms. The van der Waals surface area contributed by atoms with E-state index in [-0.39, 0.29) is 5.56 Å². The molecule has 0 saturated carbocycles. The van der Waals surface area contributed by atoms with E-state index < -0.39 is 17.3 Å². The quantitative estimate of drug-likeness (QED) is 0.623. The molecule has 5 nitrogen and oxygen atoms in total. The van der Waals surface area contributed by atoms with E-state index in [4.69, 9.17) is 15.2 Å². The summed E-state index contributed by atoms with van der Waals surface area (Å²) in [6.45, 7) is 5.11. The molecule has 5 heteroatoms. The topological polar surface area (TPSA) is 81.8 Å². The molecule has 1 unspecified atom stereocenters. The van der Waals surface area contributed by atoms with Gasteiger partial charge in [-0.05, 0) is 32.9 Å². The third-order valence-corrected chi connectivity index (χ3v) is 2.24. The van der Waals surface area contributed by atoms with E-state index in [9.17, 15) is 9.90 Å². The fourth-order valence-electron chi connectivity index (χ4n) is 1.32. The van der Waals surface area contributed by atoms with Gasteiger partial charge in [0.25, 0.3) is 0 Å². The van der Waals surface area contributed by atoms with E-state index >= 15 is 0 Å². The summed E-state index contributed by atoms with van der Waals surface area (Å²) in [6, 6.07) is 6.25. The minimum absolute atomic E-state index is 0.248. The molecule has 3 N–H and O–H groups in total. The summed E-state index contributed by atoms with van der Waals surface area (Å²) in [6.07, 6.45) is 0. The summed E-state index contributed by atoms with van der Waals surface area (Å²) in [5.41, 5.74) is 2.99. The molecule has 0 heterocycles. The highest BCUT2D eigenvalue weighted by Crippen LogP contribution is 2.22.